The molecule has 2 aliphatic rings. The average Bonchev–Trinajstić information content (AvgIpc) is 2.71. The Balaban J connectivity index is 1.69. The van der Waals surface area contributed by atoms with Crippen LogP contribution in [0.4, 0.5) is 4.79 Å². The summed E-state index contributed by atoms with van der Waals surface area (Å²) in [5.41, 5.74) is 0. The number of carbonyl (C=O) groups is 3. The van der Waals surface area contributed by atoms with Crippen molar-refractivity contribution in [1.82, 2.24) is 10.2 Å². The third kappa shape index (κ3) is 3.25. The summed E-state index contributed by atoms with van der Waals surface area (Å²) in [4.78, 5) is 35.7. The van der Waals surface area contributed by atoms with Crippen LogP contribution in [0.15, 0.2) is 0 Å². The highest BCUT2D eigenvalue weighted by atomic mass is 32.2. The summed E-state index contributed by atoms with van der Waals surface area (Å²) in [5, 5.41) is 2.62. The monoisotopic (exact) mass is 270 g/mol. The van der Waals surface area contributed by atoms with Crippen LogP contribution in [0.2, 0.25) is 0 Å². The Kier molecular flexibility index (Phi) is 4.63. The van der Waals surface area contributed by atoms with Gasteiger partial charge in [-0.15, -0.1) is 0 Å². The van der Waals surface area contributed by atoms with E-state index in [1.54, 1.807) is 0 Å². The zero-order chi connectivity index (χ0) is 13.0. The van der Waals surface area contributed by atoms with Crippen molar-refractivity contribution in [2.45, 2.75) is 32.1 Å². The van der Waals surface area contributed by atoms with Crippen LogP contribution in [-0.2, 0) is 9.59 Å². The Morgan fingerprint density at radius 1 is 1.28 bits per heavy atom. The fourth-order valence-electron chi connectivity index (χ4n) is 2.40. The molecule has 1 N–H and O–H groups in total. The zero-order valence-corrected chi connectivity index (χ0v) is 11.1. The quantitative estimate of drug-likeness (QED) is 0.838. The summed E-state index contributed by atoms with van der Waals surface area (Å²) in [5.74, 6) is 0.270. The van der Waals surface area contributed by atoms with Gasteiger partial charge in [-0.05, 0) is 12.8 Å². The second kappa shape index (κ2) is 6.22. The maximum absolute atomic E-state index is 11.8. The van der Waals surface area contributed by atoms with Gasteiger partial charge in [0.15, 0.2) is 0 Å². The molecule has 0 atom stereocenters. The van der Waals surface area contributed by atoms with Crippen molar-refractivity contribution in [3.63, 3.8) is 0 Å². The van der Waals surface area contributed by atoms with E-state index in [0.717, 1.165) is 37.4 Å². The molecule has 0 aromatic heterocycles. The summed E-state index contributed by atoms with van der Waals surface area (Å²) < 4.78 is 0. The van der Waals surface area contributed by atoms with E-state index >= 15 is 0 Å². The van der Waals surface area contributed by atoms with E-state index in [1.165, 1.54) is 11.3 Å². The van der Waals surface area contributed by atoms with E-state index < -0.39 is 0 Å². The molecule has 3 amide bonds. The van der Waals surface area contributed by atoms with Crippen molar-refractivity contribution in [1.29, 1.82) is 0 Å². The number of amides is 3. The van der Waals surface area contributed by atoms with Crippen molar-refractivity contribution >= 4 is 28.8 Å². The van der Waals surface area contributed by atoms with Crippen molar-refractivity contribution in [3.05, 3.63) is 0 Å². The van der Waals surface area contributed by atoms with Gasteiger partial charge in [0, 0.05) is 19.0 Å². The zero-order valence-electron chi connectivity index (χ0n) is 10.3. The number of imide groups is 1. The summed E-state index contributed by atoms with van der Waals surface area (Å²) in [6.07, 6.45) is 5.39. The lowest BCUT2D eigenvalue weighted by molar-refractivity contribution is -0.127. The van der Waals surface area contributed by atoms with Gasteiger partial charge in [-0.1, -0.05) is 31.0 Å². The van der Waals surface area contributed by atoms with Crippen LogP contribution in [0.5, 0.6) is 0 Å². The molecule has 1 heterocycles. The van der Waals surface area contributed by atoms with E-state index in [0.29, 0.717) is 13.1 Å². The topological polar surface area (TPSA) is 66.5 Å². The number of thioether (sulfide) groups is 1. The van der Waals surface area contributed by atoms with Crippen molar-refractivity contribution in [3.8, 4) is 0 Å². The molecule has 6 heteroatoms. The Hall–Kier alpha value is -1.04. The van der Waals surface area contributed by atoms with Gasteiger partial charge in [0.2, 0.25) is 11.8 Å². The minimum atomic E-state index is -0.202. The predicted molar refractivity (Wildman–Crippen MR) is 69.2 cm³/mol. The Morgan fingerprint density at radius 2 is 2.00 bits per heavy atom. The summed E-state index contributed by atoms with van der Waals surface area (Å²) >= 11 is 1.03. The first-order chi connectivity index (χ1) is 8.68. The minimum Gasteiger partial charge on any atom is -0.354 e. The number of nitrogens with zero attached hydrogens (tertiary/aromatic N) is 1. The number of hydrogen-bond acceptors (Lipinski definition) is 4. The third-order valence-electron chi connectivity index (χ3n) is 3.45. The van der Waals surface area contributed by atoms with E-state index in [2.05, 4.69) is 5.32 Å². The third-order valence-corrected chi connectivity index (χ3v) is 4.31. The Labute approximate surface area is 111 Å². The molecule has 100 valence electrons. The first-order valence-electron chi connectivity index (χ1n) is 6.43. The lowest BCUT2D eigenvalue weighted by Gasteiger charge is -2.21. The molecule has 0 aromatic rings. The molecular weight excluding hydrogens is 252 g/mol. The summed E-state index contributed by atoms with van der Waals surface area (Å²) in [6, 6.07) is 0. The average molecular weight is 270 g/mol. The van der Waals surface area contributed by atoms with E-state index in [-0.39, 0.29) is 28.7 Å². The van der Waals surface area contributed by atoms with Crippen LogP contribution in [0, 0.1) is 5.92 Å². The predicted octanol–water partition coefficient (Wildman–Crippen LogP) is 1.38. The van der Waals surface area contributed by atoms with E-state index in [9.17, 15) is 14.4 Å². The molecule has 2 fully saturated rings. The van der Waals surface area contributed by atoms with Crippen molar-refractivity contribution in [2.24, 2.45) is 5.92 Å². The van der Waals surface area contributed by atoms with Crippen LogP contribution < -0.4 is 5.32 Å². The highest BCUT2D eigenvalue weighted by Gasteiger charge is 2.29. The number of rotatable bonds is 4. The van der Waals surface area contributed by atoms with Gasteiger partial charge in [0.25, 0.3) is 5.24 Å². The maximum atomic E-state index is 11.8. The second-order valence-electron chi connectivity index (χ2n) is 4.73. The fourth-order valence-corrected chi connectivity index (χ4v) is 3.15. The molecule has 0 spiro atoms. The van der Waals surface area contributed by atoms with Crippen LogP contribution in [0.3, 0.4) is 0 Å². The van der Waals surface area contributed by atoms with Crippen molar-refractivity contribution in [2.75, 3.05) is 18.8 Å². The molecule has 1 saturated carbocycles. The van der Waals surface area contributed by atoms with Crippen molar-refractivity contribution < 1.29 is 14.4 Å². The first kappa shape index (κ1) is 13.4. The first-order valence-corrected chi connectivity index (χ1v) is 7.42. The Morgan fingerprint density at radius 3 is 2.61 bits per heavy atom. The smallest absolute Gasteiger partial charge is 0.288 e. The van der Waals surface area contributed by atoms with Crippen LogP contribution >= 0.6 is 11.8 Å². The fraction of sp³-hybridized carbons (Fsp3) is 0.750. The van der Waals surface area contributed by atoms with Gasteiger partial charge in [-0.3, -0.25) is 19.3 Å². The Bertz CT molecular complexity index is 337. The minimum absolute atomic E-state index is 0.0708. The van der Waals surface area contributed by atoms with E-state index in [1.807, 2.05) is 0 Å². The largest absolute Gasteiger partial charge is 0.354 e. The molecule has 0 radical (unpaired) electrons. The molecule has 0 aromatic carbocycles. The molecule has 1 saturated heterocycles. The second-order valence-corrected chi connectivity index (χ2v) is 5.65. The van der Waals surface area contributed by atoms with Crippen LogP contribution in [-0.4, -0.2) is 40.8 Å². The molecule has 2 rings (SSSR count). The highest BCUT2D eigenvalue weighted by Crippen LogP contribution is 2.23. The molecule has 5 nitrogen and oxygen atoms in total. The molecular formula is C12H18N2O3S. The molecule has 0 bridgehead atoms. The number of hydrogen-bond donors (Lipinski definition) is 1. The lowest BCUT2D eigenvalue weighted by atomic mass is 9.89. The van der Waals surface area contributed by atoms with Gasteiger partial charge in [-0.25, -0.2) is 0 Å². The van der Waals surface area contributed by atoms with Gasteiger partial charge >= 0.3 is 0 Å². The summed E-state index contributed by atoms with van der Waals surface area (Å²) in [7, 11) is 0. The summed E-state index contributed by atoms with van der Waals surface area (Å²) in [6.45, 7) is 0.663. The SMILES string of the molecule is O=C(NCCN1C(=O)CSC1=O)C1CCCCC1. The van der Waals surface area contributed by atoms with Gasteiger partial charge in [0.05, 0.1) is 5.75 Å². The van der Waals surface area contributed by atoms with E-state index in [4.69, 9.17) is 0 Å². The molecule has 1 aliphatic heterocycles. The number of nitrogens with one attached hydrogen (secondary N) is 1. The van der Waals surface area contributed by atoms with Crippen LogP contribution in [0.25, 0.3) is 0 Å². The van der Waals surface area contributed by atoms with Gasteiger partial charge < -0.3 is 5.32 Å². The standard InChI is InChI=1S/C12H18N2O3S/c15-10-8-18-12(17)14(10)7-6-13-11(16)9-4-2-1-3-5-9/h9H,1-8H2,(H,13,16). The molecule has 18 heavy (non-hydrogen) atoms. The highest BCUT2D eigenvalue weighted by molar-refractivity contribution is 8.14. The van der Waals surface area contributed by atoms with Gasteiger partial charge in [0.1, 0.15) is 0 Å². The normalized spacial score (nSPS) is 21.4. The molecule has 0 unspecified atom stereocenters. The van der Waals surface area contributed by atoms with Gasteiger partial charge in [-0.2, -0.15) is 0 Å². The lowest BCUT2D eigenvalue weighted by Crippen LogP contribution is -2.39. The molecule has 1 aliphatic carbocycles. The van der Waals surface area contributed by atoms with Crippen LogP contribution in [0.1, 0.15) is 32.1 Å². The number of carbonyl (C=O) groups excluding carboxylic acids is 3. The maximum Gasteiger partial charge on any atom is 0.288 e.